The third-order valence-electron chi connectivity index (χ3n) is 4.19. The lowest BCUT2D eigenvalue weighted by atomic mass is 10.1. The Morgan fingerprint density at radius 2 is 1.60 bits per heavy atom. The summed E-state index contributed by atoms with van der Waals surface area (Å²) in [4.78, 5) is 12.5. The van der Waals surface area contributed by atoms with Crippen LogP contribution in [0.4, 0.5) is 5.69 Å². The number of amides is 1. The Morgan fingerprint density at radius 1 is 0.960 bits per heavy atom. The summed E-state index contributed by atoms with van der Waals surface area (Å²) in [5.74, 6) is -0.375. The Morgan fingerprint density at radius 3 is 2.24 bits per heavy atom. The van der Waals surface area contributed by atoms with Crippen molar-refractivity contribution in [1.29, 1.82) is 0 Å². The maximum Gasteiger partial charge on any atom is 0.243 e. The van der Waals surface area contributed by atoms with Crippen molar-refractivity contribution in [3.63, 3.8) is 0 Å². The topological polar surface area (TPSA) is 66.5 Å². The Balaban J connectivity index is 2.14. The zero-order valence-corrected chi connectivity index (χ0v) is 16.1. The van der Waals surface area contributed by atoms with Crippen LogP contribution < -0.4 is 5.32 Å². The number of hydrogen-bond acceptors (Lipinski definition) is 3. The molecule has 0 atom stereocenters. The lowest BCUT2D eigenvalue weighted by Crippen LogP contribution is -2.35. The maximum absolute atomic E-state index is 12.7. The van der Waals surface area contributed by atoms with Gasteiger partial charge in [0.15, 0.2) is 0 Å². The minimum atomic E-state index is -3.72. The van der Waals surface area contributed by atoms with E-state index in [1.165, 1.54) is 7.05 Å². The van der Waals surface area contributed by atoms with E-state index in [9.17, 15) is 13.2 Å². The summed E-state index contributed by atoms with van der Waals surface area (Å²) in [6, 6.07) is 10.8. The minimum Gasteiger partial charge on any atom is -0.325 e. The highest BCUT2D eigenvalue weighted by Gasteiger charge is 2.24. The van der Waals surface area contributed by atoms with Crippen molar-refractivity contribution in [2.24, 2.45) is 0 Å². The zero-order chi connectivity index (χ0) is 18.8. The van der Waals surface area contributed by atoms with Gasteiger partial charge in [-0.25, -0.2) is 8.42 Å². The molecule has 0 aliphatic heterocycles. The second-order valence-corrected chi connectivity index (χ2v) is 8.39. The van der Waals surface area contributed by atoms with Crippen molar-refractivity contribution in [3.8, 4) is 0 Å². The molecular weight excluding hydrogens is 336 g/mol. The molecular formula is C19H24N2O3S. The smallest absolute Gasteiger partial charge is 0.243 e. The summed E-state index contributed by atoms with van der Waals surface area (Å²) >= 11 is 0. The van der Waals surface area contributed by atoms with Crippen molar-refractivity contribution in [2.75, 3.05) is 18.9 Å². The molecule has 25 heavy (non-hydrogen) atoms. The van der Waals surface area contributed by atoms with Crippen molar-refractivity contribution >= 4 is 21.6 Å². The summed E-state index contributed by atoms with van der Waals surface area (Å²) < 4.78 is 26.6. The lowest BCUT2D eigenvalue weighted by molar-refractivity contribution is -0.116. The van der Waals surface area contributed by atoms with E-state index in [-0.39, 0.29) is 17.3 Å². The Kier molecular flexibility index (Phi) is 5.65. The molecule has 0 bridgehead atoms. The van der Waals surface area contributed by atoms with Crippen LogP contribution in [0.15, 0.2) is 41.3 Å². The Labute approximate surface area is 149 Å². The summed E-state index contributed by atoms with van der Waals surface area (Å²) in [5.41, 5.74) is 4.37. The van der Waals surface area contributed by atoms with E-state index < -0.39 is 10.0 Å². The predicted octanol–water partition coefficient (Wildman–Crippen LogP) is 3.18. The van der Waals surface area contributed by atoms with Crippen LogP contribution in [0.3, 0.4) is 0 Å². The third kappa shape index (κ3) is 4.46. The first-order chi connectivity index (χ1) is 11.6. The second kappa shape index (κ2) is 7.37. The van der Waals surface area contributed by atoms with E-state index in [0.29, 0.717) is 11.3 Å². The van der Waals surface area contributed by atoms with Gasteiger partial charge < -0.3 is 5.32 Å². The van der Waals surface area contributed by atoms with Crippen LogP contribution >= 0.6 is 0 Å². The fraction of sp³-hybridized carbons (Fsp3) is 0.316. The quantitative estimate of drug-likeness (QED) is 0.890. The molecule has 0 aliphatic rings. The van der Waals surface area contributed by atoms with Crippen molar-refractivity contribution in [2.45, 2.75) is 32.6 Å². The van der Waals surface area contributed by atoms with Crippen LogP contribution in [0.25, 0.3) is 0 Å². The number of rotatable bonds is 5. The monoisotopic (exact) mass is 360 g/mol. The molecule has 1 amide bonds. The number of sulfonamides is 1. The van der Waals surface area contributed by atoms with Gasteiger partial charge in [-0.15, -0.1) is 0 Å². The van der Waals surface area contributed by atoms with Gasteiger partial charge >= 0.3 is 0 Å². The molecule has 0 saturated carbocycles. The number of carbonyl (C=O) groups excluding carboxylic acids is 1. The van der Waals surface area contributed by atoms with Crippen molar-refractivity contribution in [3.05, 3.63) is 58.7 Å². The number of anilines is 1. The van der Waals surface area contributed by atoms with E-state index in [2.05, 4.69) is 5.32 Å². The molecule has 5 nitrogen and oxygen atoms in total. The standard InChI is InChI=1S/C19H24N2O3S/c1-13-6-7-15(3)18(10-13)25(23,24)21(5)12-19(22)20-17-9-8-14(2)16(4)11-17/h6-11H,12H2,1-5H3,(H,20,22). The van der Waals surface area contributed by atoms with Crippen LogP contribution in [-0.4, -0.2) is 32.2 Å². The normalized spacial score (nSPS) is 11.6. The number of nitrogens with zero attached hydrogens (tertiary/aromatic N) is 1. The SMILES string of the molecule is Cc1ccc(C)c(S(=O)(=O)N(C)CC(=O)Nc2ccc(C)c(C)c2)c1. The first-order valence-electron chi connectivity index (χ1n) is 8.02. The highest BCUT2D eigenvalue weighted by molar-refractivity contribution is 7.89. The van der Waals surface area contributed by atoms with Gasteiger partial charge in [0.2, 0.25) is 15.9 Å². The van der Waals surface area contributed by atoms with Gasteiger partial charge in [-0.05, 0) is 68.1 Å². The first-order valence-corrected chi connectivity index (χ1v) is 9.46. The van der Waals surface area contributed by atoms with Gasteiger partial charge in [0.05, 0.1) is 11.4 Å². The molecule has 0 aromatic heterocycles. The number of likely N-dealkylation sites (N-methyl/N-ethyl adjacent to an activating group) is 1. The molecule has 2 rings (SSSR count). The summed E-state index contributed by atoms with van der Waals surface area (Å²) in [5, 5.41) is 2.75. The number of hydrogen-bond donors (Lipinski definition) is 1. The lowest BCUT2D eigenvalue weighted by Gasteiger charge is -2.18. The van der Waals surface area contributed by atoms with Gasteiger partial charge in [0, 0.05) is 12.7 Å². The average Bonchev–Trinajstić information content (AvgIpc) is 2.53. The molecule has 2 aromatic rings. The summed E-state index contributed by atoms with van der Waals surface area (Å²) in [6.07, 6.45) is 0. The zero-order valence-electron chi connectivity index (χ0n) is 15.3. The third-order valence-corrected chi connectivity index (χ3v) is 6.13. The molecule has 1 N–H and O–H groups in total. The molecule has 0 saturated heterocycles. The van der Waals surface area contributed by atoms with Gasteiger partial charge in [-0.2, -0.15) is 4.31 Å². The van der Waals surface area contributed by atoms with Crippen molar-refractivity contribution in [1.82, 2.24) is 4.31 Å². The fourth-order valence-electron chi connectivity index (χ4n) is 2.46. The van der Waals surface area contributed by atoms with Gasteiger partial charge in [-0.1, -0.05) is 18.2 Å². The second-order valence-electron chi connectivity index (χ2n) is 6.38. The van der Waals surface area contributed by atoms with E-state index >= 15 is 0 Å². The molecule has 6 heteroatoms. The Bertz CT molecular complexity index is 905. The van der Waals surface area contributed by atoms with Gasteiger partial charge in [0.1, 0.15) is 0 Å². The van der Waals surface area contributed by atoms with Crippen LogP contribution in [0, 0.1) is 27.7 Å². The minimum absolute atomic E-state index is 0.231. The maximum atomic E-state index is 12.7. The molecule has 0 heterocycles. The van der Waals surface area contributed by atoms with Gasteiger partial charge in [-0.3, -0.25) is 4.79 Å². The Hall–Kier alpha value is -2.18. The summed E-state index contributed by atoms with van der Waals surface area (Å²) in [6.45, 7) is 7.29. The summed E-state index contributed by atoms with van der Waals surface area (Å²) in [7, 11) is -2.31. The van der Waals surface area contributed by atoms with Crippen LogP contribution in [-0.2, 0) is 14.8 Å². The number of nitrogens with one attached hydrogen (secondary N) is 1. The first kappa shape index (κ1) is 19.1. The molecule has 0 radical (unpaired) electrons. The average molecular weight is 360 g/mol. The van der Waals surface area contributed by atoms with Crippen LogP contribution in [0.5, 0.6) is 0 Å². The molecule has 134 valence electrons. The van der Waals surface area contributed by atoms with Crippen LogP contribution in [0.1, 0.15) is 22.3 Å². The van der Waals surface area contributed by atoms with Crippen LogP contribution in [0.2, 0.25) is 0 Å². The molecule has 0 fully saturated rings. The molecule has 0 unspecified atom stereocenters. The largest absolute Gasteiger partial charge is 0.325 e. The van der Waals surface area contributed by atoms with Crippen molar-refractivity contribution < 1.29 is 13.2 Å². The number of benzene rings is 2. The molecule has 0 spiro atoms. The number of carbonyl (C=O) groups is 1. The van der Waals surface area contributed by atoms with E-state index in [4.69, 9.17) is 0 Å². The van der Waals surface area contributed by atoms with E-state index in [0.717, 1.165) is 21.0 Å². The molecule has 2 aromatic carbocycles. The van der Waals surface area contributed by atoms with E-state index in [1.807, 2.05) is 39.0 Å². The van der Waals surface area contributed by atoms with Gasteiger partial charge in [0.25, 0.3) is 0 Å². The molecule has 0 aliphatic carbocycles. The number of aryl methyl sites for hydroxylation is 4. The van der Waals surface area contributed by atoms with E-state index in [1.54, 1.807) is 25.1 Å². The predicted molar refractivity (Wildman–Crippen MR) is 100 cm³/mol. The highest BCUT2D eigenvalue weighted by Crippen LogP contribution is 2.20. The fourth-order valence-corrected chi connectivity index (χ4v) is 3.89. The highest BCUT2D eigenvalue weighted by atomic mass is 32.2.